The molecule has 3 heterocycles. The number of carbonyl (C=O) groups is 2. The van der Waals surface area contributed by atoms with Crippen LogP contribution < -0.4 is 5.73 Å². The van der Waals surface area contributed by atoms with Crippen LogP contribution in [0.15, 0.2) is 24.3 Å². The van der Waals surface area contributed by atoms with Gasteiger partial charge in [-0.05, 0) is 24.5 Å². The summed E-state index contributed by atoms with van der Waals surface area (Å²) in [6.45, 7) is 4.07. The van der Waals surface area contributed by atoms with Gasteiger partial charge in [-0.25, -0.2) is 4.98 Å². The lowest BCUT2D eigenvalue weighted by molar-refractivity contribution is -0.137. The number of carbonyl (C=O) groups excluding carboxylic acids is 2. The fourth-order valence-corrected chi connectivity index (χ4v) is 5.38. The molecule has 2 aromatic rings. The van der Waals surface area contributed by atoms with Gasteiger partial charge in [-0.2, -0.15) is 13.2 Å². The second kappa shape index (κ2) is 9.42. The number of benzene rings is 1. The molecule has 0 spiro atoms. The summed E-state index contributed by atoms with van der Waals surface area (Å²) in [6, 6.07) is 4.54. The minimum absolute atomic E-state index is 0.0743. The van der Waals surface area contributed by atoms with Crippen molar-refractivity contribution in [3.63, 3.8) is 0 Å². The zero-order chi connectivity index (χ0) is 23.8. The Morgan fingerprint density at radius 3 is 2.70 bits per heavy atom. The number of nitrogens with two attached hydrogens (primary N) is 1. The van der Waals surface area contributed by atoms with E-state index < -0.39 is 17.8 Å². The lowest BCUT2D eigenvalue weighted by Gasteiger charge is -2.33. The molecule has 2 amide bonds. The van der Waals surface area contributed by atoms with Crippen LogP contribution in [0, 0.1) is 5.92 Å². The minimum atomic E-state index is -4.37. The molecule has 0 bridgehead atoms. The summed E-state index contributed by atoms with van der Waals surface area (Å²) in [5.74, 6) is 0.460. The molecule has 0 radical (unpaired) electrons. The van der Waals surface area contributed by atoms with Crippen molar-refractivity contribution in [3.8, 4) is 10.6 Å². The highest BCUT2D eigenvalue weighted by Crippen LogP contribution is 2.34. The maximum atomic E-state index is 12.8. The van der Waals surface area contributed by atoms with Gasteiger partial charge in [0.1, 0.15) is 5.01 Å². The first-order chi connectivity index (χ1) is 15.6. The second-order valence-electron chi connectivity index (χ2n) is 8.94. The van der Waals surface area contributed by atoms with Crippen LogP contribution in [0.1, 0.15) is 42.3 Å². The Bertz CT molecular complexity index is 1020. The highest BCUT2D eigenvalue weighted by molar-refractivity contribution is 7.15. The quantitative estimate of drug-likeness (QED) is 0.708. The SMILES string of the molecule is C[C@@H]1CCC(=O)N(C[C@@H](N)CC(=O)N2CCc3sc(-c4ccc(C(F)(F)F)cc4)nc3C2)C1. The fraction of sp³-hybridized carbons (Fsp3) is 0.522. The summed E-state index contributed by atoms with van der Waals surface area (Å²) in [4.78, 5) is 34.1. The number of aromatic nitrogens is 1. The van der Waals surface area contributed by atoms with E-state index in [2.05, 4.69) is 11.9 Å². The molecule has 178 valence electrons. The van der Waals surface area contributed by atoms with Crippen molar-refractivity contribution in [1.82, 2.24) is 14.8 Å². The Balaban J connectivity index is 1.36. The molecule has 0 saturated carbocycles. The molecule has 10 heteroatoms. The molecule has 6 nitrogen and oxygen atoms in total. The molecule has 2 aliphatic rings. The van der Waals surface area contributed by atoms with E-state index in [1.165, 1.54) is 23.5 Å². The summed E-state index contributed by atoms with van der Waals surface area (Å²) in [5.41, 5.74) is 6.92. The van der Waals surface area contributed by atoms with Gasteiger partial charge in [-0.1, -0.05) is 19.1 Å². The van der Waals surface area contributed by atoms with E-state index in [1.807, 2.05) is 0 Å². The Hall–Kier alpha value is -2.46. The van der Waals surface area contributed by atoms with Crippen molar-refractivity contribution in [2.45, 2.75) is 51.4 Å². The predicted octanol–water partition coefficient (Wildman–Crippen LogP) is 3.69. The number of hydrogen-bond donors (Lipinski definition) is 1. The first kappa shape index (κ1) is 23.7. The fourth-order valence-electron chi connectivity index (χ4n) is 4.31. The van der Waals surface area contributed by atoms with Gasteiger partial charge in [0.25, 0.3) is 0 Å². The summed E-state index contributed by atoms with van der Waals surface area (Å²) < 4.78 is 38.4. The molecule has 0 aliphatic carbocycles. The van der Waals surface area contributed by atoms with Crippen molar-refractivity contribution in [2.75, 3.05) is 19.6 Å². The Labute approximate surface area is 194 Å². The number of hydrogen-bond acceptors (Lipinski definition) is 5. The van der Waals surface area contributed by atoms with Crippen LogP contribution in [0.2, 0.25) is 0 Å². The standard InChI is InChI=1S/C23H27F3N4O2S/c1-14-2-7-20(31)30(11-14)12-17(27)10-21(32)29-9-8-19-18(13-29)28-22(33-19)15-3-5-16(6-4-15)23(24,25)26/h3-6,14,17H,2,7-13,27H2,1H3/t14-,17+/m1/s1. The molecular weight excluding hydrogens is 453 g/mol. The zero-order valence-corrected chi connectivity index (χ0v) is 19.2. The van der Waals surface area contributed by atoms with E-state index in [4.69, 9.17) is 5.73 Å². The van der Waals surface area contributed by atoms with Gasteiger partial charge < -0.3 is 15.5 Å². The largest absolute Gasteiger partial charge is 0.416 e. The third kappa shape index (κ3) is 5.55. The molecule has 2 atom stereocenters. The molecule has 4 rings (SSSR count). The van der Waals surface area contributed by atoms with E-state index in [9.17, 15) is 22.8 Å². The number of rotatable bonds is 5. The highest BCUT2D eigenvalue weighted by Gasteiger charge is 2.31. The molecule has 2 aliphatic heterocycles. The average Bonchev–Trinajstić information content (AvgIpc) is 3.19. The number of fused-ring (bicyclic) bond motifs is 1. The van der Waals surface area contributed by atoms with E-state index in [-0.39, 0.29) is 18.2 Å². The monoisotopic (exact) mass is 480 g/mol. The maximum absolute atomic E-state index is 12.8. The first-order valence-electron chi connectivity index (χ1n) is 11.1. The molecule has 33 heavy (non-hydrogen) atoms. The van der Waals surface area contributed by atoms with E-state index in [1.54, 1.807) is 9.80 Å². The van der Waals surface area contributed by atoms with Gasteiger partial charge in [0.15, 0.2) is 0 Å². The van der Waals surface area contributed by atoms with Crippen molar-refractivity contribution in [3.05, 3.63) is 40.4 Å². The van der Waals surface area contributed by atoms with E-state index >= 15 is 0 Å². The van der Waals surface area contributed by atoms with Crippen molar-refractivity contribution < 1.29 is 22.8 Å². The summed E-state index contributed by atoms with van der Waals surface area (Å²) >= 11 is 1.45. The predicted molar refractivity (Wildman–Crippen MR) is 119 cm³/mol. The minimum Gasteiger partial charge on any atom is -0.341 e. The topological polar surface area (TPSA) is 79.5 Å². The number of halogens is 3. The number of likely N-dealkylation sites (tertiary alicyclic amines) is 1. The number of nitrogens with zero attached hydrogens (tertiary/aromatic N) is 3. The van der Waals surface area contributed by atoms with Crippen LogP contribution in [0.25, 0.3) is 10.6 Å². The van der Waals surface area contributed by atoms with Gasteiger partial charge in [0.2, 0.25) is 11.8 Å². The van der Waals surface area contributed by atoms with Crippen molar-refractivity contribution >= 4 is 23.2 Å². The summed E-state index contributed by atoms with van der Waals surface area (Å²) in [5, 5.41) is 0.650. The lowest BCUT2D eigenvalue weighted by Crippen LogP contribution is -2.47. The summed E-state index contributed by atoms with van der Waals surface area (Å²) in [6.07, 6.45) is -2.15. The number of amides is 2. The van der Waals surface area contributed by atoms with Crippen LogP contribution in [0.4, 0.5) is 13.2 Å². The molecule has 1 fully saturated rings. The molecule has 1 saturated heterocycles. The molecule has 1 aromatic heterocycles. The van der Waals surface area contributed by atoms with E-state index in [0.29, 0.717) is 55.5 Å². The normalized spacial score (nSPS) is 20.0. The maximum Gasteiger partial charge on any atom is 0.416 e. The smallest absolute Gasteiger partial charge is 0.341 e. The highest BCUT2D eigenvalue weighted by atomic mass is 32.1. The van der Waals surface area contributed by atoms with Crippen LogP contribution in [0.5, 0.6) is 0 Å². The molecular formula is C23H27F3N4O2S. The van der Waals surface area contributed by atoms with Crippen LogP contribution in [-0.2, 0) is 28.7 Å². The number of alkyl halides is 3. The first-order valence-corrected chi connectivity index (χ1v) is 11.9. The third-order valence-electron chi connectivity index (χ3n) is 6.17. The second-order valence-corrected chi connectivity index (χ2v) is 10.0. The average molecular weight is 481 g/mol. The zero-order valence-electron chi connectivity index (χ0n) is 18.4. The Morgan fingerprint density at radius 1 is 1.27 bits per heavy atom. The Morgan fingerprint density at radius 2 is 2.00 bits per heavy atom. The van der Waals surface area contributed by atoms with Crippen LogP contribution in [-0.4, -0.2) is 52.3 Å². The molecule has 0 unspecified atom stereocenters. The number of thiazole rings is 1. The van der Waals surface area contributed by atoms with Gasteiger partial charge >= 0.3 is 6.18 Å². The summed E-state index contributed by atoms with van der Waals surface area (Å²) in [7, 11) is 0. The lowest BCUT2D eigenvalue weighted by atomic mass is 9.99. The van der Waals surface area contributed by atoms with Crippen LogP contribution >= 0.6 is 11.3 Å². The Kier molecular flexibility index (Phi) is 6.76. The van der Waals surface area contributed by atoms with Crippen molar-refractivity contribution in [2.24, 2.45) is 11.7 Å². The third-order valence-corrected chi connectivity index (χ3v) is 7.37. The van der Waals surface area contributed by atoms with Gasteiger partial charge in [0, 0.05) is 55.4 Å². The van der Waals surface area contributed by atoms with Crippen LogP contribution in [0.3, 0.4) is 0 Å². The van der Waals surface area contributed by atoms with Gasteiger partial charge in [-0.3, -0.25) is 9.59 Å². The van der Waals surface area contributed by atoms with Gasteiger partial charge in [0.05, 0.1) is 17.8 Å². The van der Waals surface area contributed by atoms with Gasteiger partial charge in [-0.15, -0.1) is 11.3 Å². The number of piperidine rings is 1. The van der Waals surface area contributed by atoms with E-state index in [0.717, 1.165) is 29.1 Å². The molecule has 1 aromatic carbocycles. The molecule has 2 N–H and O–H groups in total. The van der Waals surface area contributed by atoms with Crippen molar-refractivity contribution in [1.29, 1.82) is 0 Å².